The summed E-state index contributed by atoms with van der Waals surface area (Å²) in [7, 11) is 1.48. The number of ether oxygens (including phenoxy) is 2. The van der Waals surface area contributed by atoms with Gasteiger partial charge in [0.25, 0.3) is 5.69 Å². The SMILES string of the molecule is COCCOC(=O)C1=C(C)NC(C)=C(C(=O)NCc2ccccc2)C1c1ccccc1[N+](=O)[O-]. The van der Waals surface area contributed by atoms with Gasteiger partial charge in [0, 0.05) is 42.3 Å². The van der Waals surface area contributed by atoms with E-state index >= 15 is 0 Å². The second-order valence-electron chi connectivity index (χ2n) is 7.75. The molecule has 0 aliphatic carbocycles. The quantitative estimate of drug-likeness (QED) is 0.252. The van der Waals surface area contributed by atoms with Crippen molar-refractivity contribution in [1.82, 2.24) is 10.6 Å². The lowest BCUT2D eigenvalue weighted by Gasteiger charge is -2.30. The molecule has 0 bridgehead atoms. The van der Waals surface area contributed by atoms with Gasteiger partial charge < -0.3 is 20.1 Å². The van der Waals surface area contributed by atoms with Gasteiger partial charge in [0.1, 0.15) is 6.61 Å². The monoisotopic (exact) mass is 465 g/mol. The van der Waals surface area contributed by atoms with Crippen molar-refractivity contribution in [2.24, 2.45) is 0 Å². The third-order valence-corrected chi connectivity index (χ3v) is 5.49. The molecule has 1 unspecified atom stereocenters. The number of esters is 1. The molecule has 1 aliphatic rings. The first kappa shape index (κ1) is 24.7. The zero-order valence-electron chi connectivity index (χ0n) is 19.3. The number of nitro benzene ring substituents is 1. The topological polar surface area (TPSA) is 120 Å². The number of amides is 1. The molecule has 0 radical (unpaired) electrons. The Labute approximate surface area is 197 Å². The number of nitrogens with one attached hydrogen (secondary N) is 2. The molecule has 34 heavy (non-hydrogen) atoms. The Morgan fingerprint density at radius 2 is 1.65 bits per heavy atom. The minimum absolute atomic E-state index is 0.00789. The Hall–Kier alpha value is -3.98. The molecule has 0 aromatic heterocycles. The molecule has 2 aromatic carbocycles. The van der Waals surface area contributed by atoms with Gasteiger partial charge in [-0.2, -0.15) is 0 Å². The van der Waals surface area contributed by atoms with E-state index in [4.69, 9.17) is 9.47 Å². The number of nitro groups is 1. The number of hydrogen-bond acceptors (Lipinski definition) is 7. The fourth-order valence-electron chi connectivity index (χ4n) is 3.94. The van der Waals surface area contributed by atoms with Gasteiger partial charge in [0.05, 0.1) is 23.0 Å². The second-order valence-corrected chi connectivity index (χ2v) is 7.75. The molecule has 2 N–H and O–H groups in total. The van der Waals surface area contributed by atoms with Crippen molar-refractivity contribution >= 4 is 17.6 Å². The Morgan fingerprint density at radius 1 is 1.00 bits per heavy atom. The van der Waals surface area contributed by atoms with E-state index in [9.17, 15) is 19.7 Å². The minimum Gasteiger partial charge on any atom is -0.460 e. The molecular weight excluding hydrogens is 438 g/mol. The molecule has 178 valence electrons. The van der Waals surface area contributed by atoms with Crippen LogP contribution in [0.2, 0.25) is 0 Å². The van der Waals surface area contributed by atoms with E-state index in [0.717, 1.165) is 5.56 Å². The summed E-state index contributed by atoms with van der Waals surface area (Å²) in [5, 5.41) is 17.8. The number of nitrogens with zero attached hydrogens (tertiary/aromatic N) is 1. The summed E-state index contributed by atoms with van der Waals surface area (Å²) < 4.78 is 10.3. The number of hydrogen-bond donors (Lipinski definition) is 2. The van der Waals surface area contributed by atoms with Gasteiger partial charge in [-0.1, -0.05) is 48.5 Å². The Kier molecular flexibility index (Phi) is 8.15. The third-order valence-electron chi connectivity index (χ3n) is 5.49. The van der Waals surface area contributed by atoms with E-state index in [1.807, 2.05) is 30.3 Å². The lowest BCUT2D eigenvalue weighted by atomic mass is 9.79. The predicted octanol–water partition coefficient (Wildman–Crippen LogP) is 3.34. The van der Waals surface area contributed by atoms with Crippen LogP contribution < -0.4 is 10.6 Å². The smallest absolute Gasteiger partial charge is 0.336 e. The van der Waals surface area contributed by atoms with Crippen LogP contribution in [0.4, 0.5) is 5.69 Å². The first-order valence-corrected chi connectivity index (χ1v) is 10.7. The minimum atomic E-state index is -0.992. The lowest BCUT2D eigenvalue weighted by Crippen LogP contribution is -2.36. The molecule has 9 nitrogen and oxygen atoms in total. The first-order valence-electron chi connectivity index (χ1n) is 10.7. The maximum absolute atomic E-state index is 13.4. The molecule has 1 aliphatic heterocycles. The van der Waals surface area contributed by atoms with Crippen LogP contribution in [0.1, 0.15) is 30.9 Å². The zero-order valence-corrected chi connectivity index (χ0v) is 19.3. The lowest BCUT2D eigenvalue weighted by molar-refractivity contribution is -0.385. The summed E-state index contributed by atoms with van der Waals surface area (Å²) in [6.45, 7) is 3.85. The number of rotatable bonds is 9. The number of dihydropyridines is 1. The standard InChI is InChI=1S/C25H27N3O6/c1-16-21(24(29)26-15-18-9-5-4-6-10-18)23(19-11-7-8-12-20(19)28(31)32)22(17(2)27-16)25(30)34-14-13-33-3/h4-12,23,27H,13-15H2,1-3H3,(H,26,29). The highest BCUT2D eigenvalue weighted by Gasteiger charge is 2.40. The number of benzene rings is 2. The predicted molar refractivity (Wildman–Crippen MR) is 125 cm³/mol. The van der Waals surface area contributed by atoms with Crippen LogP contribution in [-0.2, 0) is 25.6 Å². The van der Waals surface area contributed by atoms with Gasteiger partial charge >= 0.3 is 5.97 Å². The van der Waals surface area contributed by atoms with Gasteiger partial charge in [-0.15, -0.1) is 0 Å². The van der Waals surface area contributed by atoms with Crippen LogP contribution in [0, 0.1) is 10.1 Å². The molecule has 1 heterocycles. The van der Waals surface area contributed by atoms with Crippen molar-refractivity contribution in [1.29, 1.82) is 0 Å². The fourth-order valence-corrected chi connectivity index (χ4v) is 3.94. The van der Waals surface area contributed by atoms with Gasteiger partial charge in [0.15, 0.2) is 0 Å². The Morgan fingerprint density at radius 3 is 2.32 bits per heavy atom. The molecule has 9 heteroatoms. The highest BCUT2D eigenvalue weighted by atomic mass is 16.6. The third kappa shape index (κ3) is 5.49. The zero-order chi connectivity index (χ0) is 24.7. The van der Waals surface area contributed by atoms with Crippen molar-refractivity contribution in [3.8, 4) is 0 Å². The van der Waals surface area contributed by atoms with E-state index in [0.29, 0.717) is 11.4 Å². The van der Waals surface area contributed by atoms with Crippen LogP contribution in [0.15, 0.2) is 77.1 Å². The van der Waals surface area contributed by atoms with E-state index in [-0.39, 0.29) is 42.2 Å². The van der Waals surface area contributed by atoms with E-state index in [1.165, 1.54) is 13.2 Å². The summed E-state index contributed by atoms with van der Waals surface area (Å²) in [5.41, 5.74) is 2.26. The van der Waals surface area contributed by atoms with E-state index in [1.54, 1.807) is 32.0 Å². The molecule has 1 amide bonds. The molecule has 0 fully saturated rings. The number of carbonyl (C=O) groups is 2. The molecule has 1 atom stereocenters. The van der Waals surface area contributed by atoms with E-state index in [2.05, 4.69) is 10.6 Å². The molecule has 3 rings (SSSR count). The Bertz CT molecular complexity index is 1140. The van der Waals surface area contributed by atoms with Crippen molar-refractivity contribution in [3.63, 3.8) is 0 Å². The molecule has 0 saturated heterocycles. The maximum Gasteiger partial charge on any atom is 0.336 e. The number of allylic oxidation sites excluding steroid dienone is 2. The van der Waals surface area contributed by atoms with Gasteiger partial charge in [0.2, 0.25) is 5.91 Å². The number of methoxy groups -OCH3 is 1. The average molecular weight is 466 g/mol. The first-order chi connectivity index (χ1) is 16.3. The summed E-state index contributed by atoms with van der Waals surface area (Å²) in [5.74, 6) is -2.11. The summed E-state index contributed by atoms with van der Waals surface area (Å²) in [6.07, 6.45) is 0. The second kappa shape index (κ2) is 11.2. The van der Waals surface area contributed by atoms with Crippen molar-refractivity contribution in [2.45, 2.75) is 26.3 Å². The normalized spacial score (nSPS) is 15.6. The fraction of sp³-hybridized carbons (Fsp3) is 0.280. The van der Waals surface area contributed by atoms with Crippen LogP contribution >= 0.6 is 0 Å². The molecule has 2 aromatic rings. The van der Waals surface area contributed by atoms with Crippen molar-refractivity contribution in [2.75, 3.05) is 20.3 Å². The van der Waals surface area contributed by atoms with Crippen LogP contribution in [0.3, 0.4) is 0 Å². The van der Waals surface area contributed by atoms with Gasteiger partial charge in [-0.3, -0.25) is 14.9 Å². The van der Waals surface area contributed by atoms with Crippen molar-refractivity contribution < 1.29 is 24.0 Å². The maximum atomic E-state index is 13.4. The summed E-state index contributed by atoms with van der Waals surface area (Å²) in [4.78, 5) is 37.8. The van der Waals surface area contributed by atoms with Gasteiger partial charge in [-0.25, -0.2) is 4.79 Å². The molecular formula is C25H27N3O6. The average Bonchev–Trinajstić information content (AvgIpc) is 2.82. The number of carbonyl (C=O) groups excluding carboxylic acids is 2. The van der Waals surface area contributed by atoms with E-state index < -0.39 is 22.7 Å². The Balaban J connectivity index is 2.05. The van der Waals surface area contributed by atoms with Crippen LogP contribution in [-0.4, -0.2) is 37.1 Å². The summed E-state index contributed by atoms with van der Waals surface area (Å²) >= 11 is 0. The largest absolute Gasteiger partial charge is 0.460 e. The molecule has 0 saturated carbocycles. The van der Waals surface area contributed by atoms with Crippen LogP contribution in [0.5, 0.6) is 0 Å². The summed E-state index contributed by atoms with van der Waals surface area (Å²) in [6, 6.07) is 15.5. The highest BCUT2D eigenvalue weighted by Crippen LogP contribution is 2.42. The number of para-hydroxylation sites is 1. The highest BCUT2D eigenvalue weighted by molar-refractivity contribution is 6.02. The van der Waals surface area contributed by atoms with Gasteiger partial charge in [-0.05, 0) is 19.4 Å². The van der Waals surface area contributed by atoms with Crippen molar-refractivity contribution in [3.05, 3.63) is 98.4 Å². The van der Waals surface area contributed by atoms with Crippen LogP contribution in [0.25, 0.3) is 0 Å². The molecule has 0 spiro atoms.